The first-order valence-corrected chi connectivity index (χ1v) is 16.4. The Hall–Kier alpha value is -2.78. The zero-order valence-corrected chi connectivity index (χ0v) is 24.9. The Bertz CT molecular complexity index is 1370. The summed E-state index contributed by atoms with van der Waals surface area (Å²) in [6.07, 6.45) is 5.62. The highest BCUT2D eigenvalue weighted by Gasteiger charge is 2.36. The molecular formula is C26H33ClN6O6S2. The number of piperidine rings is 1. The van der Waals surface area contributed by atoms with Gasteiger partial charge in [-0.05, 0) is 43.9 Å². The molecule has 0 spiro atoms. The van der Waals surface area contributed by atoms with Crippen LogP contribution in [0.1, 0.15) is 41.1 Å². The molecule has 222 valence electrons. The van der Waals surface area contributed by atoms with Crippen LogP contribution < -0.4 is 4.72 Å². The highest BCUT2D eigenvalue weighted by atomic mass is 35.5. The number of nitrogens with one attached hydrogen (secondary N) is 1. The second-order valence-corrected chi connectivity index (χ2v) is 13.8. The molecule has 15 heteroatoms. The largest absolute Gasteiger partial charge is 0.351 e. The van der Waals surface area contributed by atoms with E-state index >= 15 is 0 Å². The lowest BCUT2D eigenvalue weighted by Crippen LogP contribution is -2.56. The van der Waals surface area contributed by atoms with Gasteiger partial charge in [0.05, 0.1) is 17.1 Å². The molecule has 1 N–H and O–H groups in total. The van der Waals surface area contributed by atoms with Crippen LogP contribution in [-0.2, 0) is 19.6 Å². The number of carbonyl (C=O) groups excluding carboxylic acids is 3. The van der Waals surface area contributed by atoms with Gasteiger partial charge in [0.25, 0.3) is 5.91 Å². The average molecular weight is 625 g/mol. The van der Waals surface area contributed by atoms with Crippen LogP contribution in [0.4, 0.5) is 0 Å². The van der Waals surface area contributed by atoms with Crippen molar-refractivity contribution < 1.29 is 27.3 Å². The van der Waals surface area contributed by atoms with Crippen LogP contribution in [0.3, 0.4) is 0 Å². The molecule has 0 aromatic carbocycles. The summed E-state index contributed by atoms with van der Waals surface area (Å²) in [6.45, 7) is 4.18. The summed E-state index contributed by atoms with van der Waals surface area (Å²) in [5.74, 6) is -0.453. The lowest BCUT2D eigenvalue weighted by Gasteiger charge is -2.38. The van der Waals surface area contributed by atoms with Gasteiger partial charge < -0.3 is 19.2 Å². The Kier molecular flexibility index (Phi) is 9.44. The predicted molar refractivity (Wildman–Crippen MR) is 154 cm³/mol. The molecule has 0 bridgehead atoms. The summed E-state index contributed by atoms with van der Waals surface area (Å²) in [7, 11) is -3.87. The van der Waals surface area contributed by atoms with Crippen molar-refractivity contribution in [3.05, 3.63) is 44.8 Å². The van der Waals surface area contributed by atoms with Crippen molar-refractivity contribution in [2.24, 2.45) is 0 Å². The number of piperazine rings is 1. The van der Waals surface area contributed by atoms with Crippen molar-refractivity contribution in [3.63, 3.8) is 0 Å². The fraction of sp³-hybridized carbons (Fsp3) is 0.538. The molecule has 0 radical (unpaired) electrons. The maximum Gasteiger partial charge on any atom is 0.292 e. The van der Waals surface area contributed by atoms with E-state index in [0.717, 1.165) is 18.2 Å². The van der Waals surface area contributed by atoms with Gasteiger partial charge in [-0.3, -0.25) is 19.3 Å². The Morgan fingerprint density at radius 2 is 1.88 bits per heavy atom. The fourth-order valence-corrected chi connectivity index (χ4v) is 7.61. The third kappa shape index (κ3) is 7.55. The van der Waals surface area contributed by atoms with E-state index in [-0.39, 0.29) is 36.1 Å². The Balaban J connectivity index is 1.11. The maximum atomic E-state index is 13.3. The Morgan fingerprint density at radius 3 is 2.59 bits per heavy atom. The van der Waals surface area contributed by atoms with E-state index in [2.05, 4.69) is 14.8 Å². The number of thiophene rings is 1. The molecule has 0 saturated carbocycles. The fourth-order valence-electron chi connectivity index (χ4n) is 5.54. The Labute approximate surface area is 247 Å². The summed E-state index contributed by atoms with van der Waals surface area (Å²) in [5, 5.41) is 4.63. The molecule has 5 rings (SSSR count). The molecule has 2 atom stereocenters. The number of likely N-dealkylation sites (tertiary alicyclic amines) is 2. The SMILES string of the molecule is O=C(c1ccno1)N1CCN(C[C@@H]2CCCN2C(=O)CN2CCC[C@H](NS(=O)(=O)C=Cc3ccc(Cl)s3)C2=O)CC1. The first kappa shape index (κ1) is 29.7. The van der Waals surface area contributed by atoms with Gasteiger partial charge in [-0.2, -0.15) is 4.72 Å². The molecule has 2 aromatic rings. The van der Waals surface area contributed by atoms with Crippen molar-refractivity contribution in [2.75, 3.05) is 52.4 Å². The highest BCUT2D eigenvalue weighted by molar-refractivity contribution is 7.92. The van der Waals surface area contributed by atoms with Gasteiger partial charge in [-0.15, -0.1) is 11.3 Å². The van der Waals surface area contributed by atoms with E-state index in [1.54, 1.807) is 23.1 Å². The summed E-state index contributed by atoms with van der Waals surface area (Å²) in [6, 6.07) is 4.07. The van der Waals surface area contributed by atoms with Crippen LogP contribution in [0.25, 0.3) is 6.08 Å². The number of carbonyl (C=O) groups is 3. The number of amides is 3. The van der Waals surface area contributed by atoms with Crippen LogP contribution in [0.2, 0.25) is 4.34 Å². The molecule has 3 fully saturated rings. The normalized spacial score (nSPS) is 22.7. The van der Waals surface area contributed by atoms with Crippen molar-refractivity contribution in [1.82, 2.24) is 29.5 Å². The second-order valence-electron chi connectivity index (χ2n) is 10.4. The highest BCUT2D eigenvalue weighted by Crippen LogP contribution is 2.23. The smallest absolute Gasteiger partial charge is 0.292 e. The number of halogens is 1. The number of nitrogens with zero attached hydrogens (tertiary/aromatic N) is 5. The third-order valence-electron chi connectivity index (χ3n) is 7.64. The predicted octanol–water partition coefficient (Wildman–Crippen LogP) is 1.72. The van der Waals surface area contributed by atoms with Gasteiger partial charge in [0.2, 0.25) is 27.6 Å². The molecule has 3 aliphatic rings. The first-order chi connectivity index (χ1) is 19.7. The van der Waals surface area contributed by atoms with E-state index in [1.165, 1.54) is 28.5 Å². The molecular weight excluding hydrogens is 592 g/mol. The van der Waals surface area contributed by atoms with Crippen molar-refractivity contribution >= 4 is 56.8 Å². The summed E-state index contributed by atoms with van der Waals surface area (Å²) >= 11 is 7.15. The molecule has 0 unspecified atom stereocenters. The average Bonchev–Trinajstić information content (AvgIpc) is 3.73. The lowest BCUT2D eigenvalue weighted by atomic mass is 10.1. The number of hydrogen-bond acceptors (Lipinski definition) is 9. The number of hydrogen-bond donors (Lipinski definition) is 1. The Morgan fingerprint density at radius 1 is 1.10 bits per heavy atom. The van der Waals surface area contributed by atoms with E-state index in [1.807, 2.05) is 4.90 Å². The monoisotopic (exact) mass is 624 g/mol. The van der Waals surface area contributed by atoms with Gasteiger partial charge in [0.15, 0.2) is 0 Å². The lowest BCUT2D eigenvalue weighted by molar-refractivity contribution is -0.143. The van der Waals surface area contributed by atoms with E-state index < -0.39 is 16.1 Å². The van der Waals surface area contributed by atoms with Gasteiger partial charge in [0, 0.05) is 68.2 Å². The van der Waals surface area contributed by atoms with Crippen LogP contribution in [0, 0.1) is 0 Å². The van der Waals surface area contributed by atoms with E-state index in [4.69, 9.17) is 16.1 Å². The number of rotatable bonds is 9. The molecule has 3 saturated heterocycles. The van der Waals surface area contributed by atoms with E-state index in [9.17, 15) is 22.8 Å². The van der Waals surface area contributed by atoms with Crippen LogP contribution >= 0.6 is 22.9 Å². The summed E-state index contributed by atoms with van der Waals surface area (Å²) in [5.41, 5.74) is 0. The van der Waals surface area contributed by atoms with Crippen LogP contribution in [-0.4, -0.2) is 115 Å². The zero-order chi connectivity index (χ0) is 29.0. The van der Waals surface area contributed by atoms with Crippen LogP contribution in [0.15, 0.2) is 34.3 Å². The molecule has 5 heterocycles. The second kappa shape index (κ2) is 13.0. The minimum Gasteiger partial charge on any atom is -0.351 e. The minimum atomic E-state index is -3.87. The third-order valence-corrected chi connectivity index (χ3v) is 9.95. The van der Waals surface area contributed by atoms with Gasteiger partial charge in [-0.25, -0.2) is 8.42 Å². The maximum absolute atomic E-state index is 13.3. The van der Waals surface area contributed by atoms with Crippen LogP contribution in [0.5, 0.6) is 0 Å². The summed E-state index contributed by atoms with van der Waals surface area (Å²) in [4.78, 5) is 47.0. The number of aromatic nitrogens is 1. The quantitative estimate of drug-likeness (QED) is 0.445. The molecule has 3 amide bonds. The van der Waals surface area contributed by atoms with Gasteiger partial charge in [0.1, 0.15) is 6.04 Å². The first-order valence-electron chi connectivity index (χ1n) is 13.6. The topological polar surface area (TPSA) is 136 Å². The molecule has 3 aliphatic heterocycles. The molecule has 2 aromatic heterocycles. The minimum absolute atomic E-state index is 0.0316. The van der Waals surface area contributed by atoms with Crippen molar-refractivity contribution in [1.29, 1.82) is 0 Å². The number of sulfonamides is 1. The zero-order valence-electron chi connectivity index (χ0n) is 22.5. The van der Waals surface area contributed by atoms with Crippen molar-refractivity contribution in [2.45, 2.75) is 37.8 Å². The van der Waals surface area contributed by atoms with Crippen molar-refractivity contribution in [3.8, 4) is 0 Å². The standard InChI is InChI=1S/C26H33ClN6O6S2/c27-23-6-5-20(40-23)8-16-41(37,38)29-21-4-2-10-32(25(21)35)18-24(34)33-11-1-3-19(33)17-30-12-14-31(15-13-30)26(36)22-7-9-28-39-22/h5-9,16,19,21,29H,1-4,10-15,17-18H2/t19-,21-/m0/s1. The summed E-state index contributed by atoms with van der Waals surface area (Å²) < 4.78 is 33.2. The molecule has 0 aliphatic carbocycles. The van der Waals surface area contributed by atoms with E-state index in [0.29, 0.717) is 67.9 Å². The van der Waals surface area contributed by atoms with Gasteiger partial charge >= 0.3 is 0 Å². The molecule has 12 nitrogen and oxygen atoms in total. The van der Waals surface area contributed by atoms with Gasteiger partial charge in [-0.1, -0.05) is 16.8 Å². The molecule has 41 heavy (non-hydrogen) atoms.